The second-order valence-corrected chi connectivity index (χ2v) is 5.59. The molecule has 0 spiro atoms. The summed E-state index contributed by atoms with van der Waals surface area (Å²) in [5.41, 5.74) is 0.463. The van der Waals surface area contributed by atoms with Crippen molar-refractivity contribution in [2.24, 2.45) is 0 Å². The van der Waals surface area contributed by atoms with E-state index in [4.69, 9.17) is 0 Å². The molecule has 122 valence electrons. The number of ketones is 1. The van der Waals surface area contributed by atoms with E-state index >= 15 is 0 Å². The van der Waals surface area contributed by atoms with Crippen LogP contribution in [0, 0.1) is 5.82 Å². The molecule has 0 unspecified atom stereocenters. The third-order valence-electron chi connectivity index (χ3n) is 3.40. The van der Waals surface area contributed by atoms with Crippen molar-refractivity contribution in [2.45, 2.75) is 39.2 Å². The summed E-state index contributed by atoms with van der Waals surface area (Å²) < 4.78 is 14.5. The molecule has 2 aromatic rings. The third-order valence-corrected chi connectivity index (χ3v) is 3.40. The fourth-order valence-corrected chi connectivity index (χ4v) is 2.22. The maximum Gasteiger partial charge on any atom is 0.225 e. The van der Waals surface area contributed by atoms with Gasteiger partial charge >= 0.3 is 0 Å². The first-order chi connectivity index (χ1) is 11.0. The van der Waals surface area contributed by atoms with Crippen molar-refractivity contribution in [3.63, 3.8) is 0 Å². The molecule has 0 aliphatic rings. The quantitative estimate of drug-likeness (QED) is 0.794. The Morgan fingerprint density at radius 3 is 2.52 bits per heavy atom. The molecular weight excluding hydrogens is 297 g/mol. The van der Waals surface area contributed by atoms with Gasteiger partial charge in [0.2, 0.25) is 5.91 Å². The zero-order chi connectivity index (χ0) is 16.8. The van der Waals surface area contributed by atoms with Crippen LogP contribution >= 0.6 is 0 Å². The second-order valence-electron chi connectivity index (χ2n) is 5.59. The van der Waals surface area contributed by atoms with Gasteiger partial charge in [-0.05, 0) is 44.5 Å². The molecule has 1 aromatic carbocycles. The van der Waals surface area contributed by atoms with Crippen LogP contribution in [-0.4, -0.2) is 21.5 Å². The molecule has 0 radical (unpaired) electrons. The van der Waals surface area contributed by atoms with Gasteiger partial charge in [-0.15, -0.1) is 0 Å². The Morgan fingerprint density at radius 2 is 1.87 bits per heavy atom. The van der Waals surface area contributed by atoms with Crippen molar-refractivity contribution in [3.05, 3.63) is 47.9 Å². The van der Waals surface area contributed by atoms with Gasteiger partial charge < -0.3 is 5.32 Å². The van der Waals surface area contributed by atoms with Crippen molar-refractivity contribution in [1.82, 2.24) is 9.78 Å². The third kappa shape index (κ3) is 4.74. The first-order valence-electron chi connectivity index (χ1n) is 7.59. The van der Waals surface area contributed by atoms with Crippen LogP contribution in [0.1, 0.15) is 49.5 Å². The number of hydrogen-bond acceptors (Lipinski definition) is 3. The maximum atomic E-state index is 12.8. The van der Waals surface area contributed by atoms with E-state index in [2.05, 4.69) is 10.4 Å². The van der Waals surface area contributed by atoms with Gasteiger partial charge in [0.25, 0.3) is 0 Å². The zero-order valence-electron chi connectivity index (χ0n) is 13.3. The minimum atomic E-state index is -0.373. The minimum Gasteiger partial charge on any atom is -0.311 e. The molecule has 0 aliphatic heterocycles. The average Bonchev–Trinajstić information content (AvgIpc) is 2.96. The van der Waals surface area contributed by atoms with Gasteiger partial charge in [-0.25, -0.2) is 9.07 Å². The molecule has 0 fully saturated rings. The monoisotopic (exact) mass is 317 g/mol. The highest BCUT2D eigenvalue weighted by Crippen LogP contribution is 2.14. The normalized spacial score (nSPS) is 10.8. The van der Waals surface area contributed by atoms with Gasteiger partial charge in [0.1, 0.15) is 11.6 Å². The Hall–Kier alpha value is -2.50. The minimum absolute atomic E-state index is 0.0926. The lowest BCUT2D eigenvalue weighted by Gasteiger charge is -2.11. The van der Waals surface area contributed by atoms with Crippen LogP contribution in [0.25, 0.3) is 0 Å². The number of aromatic nitrogens is 2. The van der Waals surface area contributed by atoms with Gasteiger partial charge in [0.15, 0.2) is 5.78 Å². The maximum absolute atomic E-state index is 12.8. The molecule has 0 bridgehead atoms. The number of rotatable bonds is 7. The highest BCUT2D eigenvalue weighted by Gasteiger charge is 2.11. The standard InChI is InChI=1S/C17H20FN3O2/c1-12(2)21-16(10-11-19-21)20-17(23)5-3-4-15(22)13-6-8-14(18)9-7-13/h6-12H,3-5H2,1-2H3,(H,20,23). The number of halogens is 1. The summed E-state index contributed by atoms with van der Waals surface area (Å²) in [5.74, 6) is 0.0295. The Balaban J connectivity index is 1.79. The molecule has 1 heterocycles. The van der Waals surface area contributed by atoms with E-state index in [1.165, 1.54) is 24.3 Å². The topological polar surface area (TPSA) is 64.0 Å². The van der Waals surface area contributed by atoms with Crippen LogP contribution in [-0.2, 0) is 4.79 Å². The number of carbonyl (C=O) groups is 2. The lowest BCUT2D eigenvalue weighted by Crippen LogP contribution is -2.16. The summed E-state index contributed by atoms with van der Waals surface area (Å²) in [7, 11) is 0. The SMILES string of the molecule is CC(C)n1nccc1NC(=O)CCCC(=O)c1ccc(F)cc1. The van der Waals surface area contributed by atoms with E-state index in [1.807, 2.05) is 13.8 Å². The number of carbonyl (C=O) groups excluding carboxylic acids is 2. The summed E-state index contributed by atoms with van der Waals surface area (Å²) >= 11 is 0. The number of hydrogen-bond donors (Lipinski definition) is 1. The molecule has 5 nitrogen and oxygen atoms in total. The molecule has 0 saturated carbocycles. The molecular formula is C17H20FN3O2. The van der Waals surface area contributed by atoms with Crippen LogP contribution in [0.5, 0.6) is 0 Å². The Kier molecular flexibility index (Phi) is 5.62. The predicted octanol–water partition coefficient (Wildman–Crippen LogP) is 3.59. The number of nitrogens with zero attached hydrogens (tertiary/aromatic N) is 2. The van der Waals surface area contributed by atoms with Gasteiger partial charge in [-0.2, -0.15) is 5.10 Å². The lowest BCUT2D eigenvalue weighted by atomic mass is 10.1. The summed E-state index contributed by atoms with van der Waals surface area (Å²) in [5, 5.41) is 6.93. The van der Waals surface area contributed by atoms with Gasteiger partial charge in [0, 0.05) is 30.5 Å². The van der Waals surface area contributed by atoms with Crippen molar-refractivity contribution in [2.75, 3.05) is 5.32 Å². The van der Waals surface area contributed by atoms with E-state index in [0.717, 1.165) is 0 Å². The van der Waals surface area contributed by atoms with Crippen LogP contribution < -0.4 is 5.32 Å². The Labute approximate surface area is 134 Å². The molecule has 1 N–H and O–H groups in total. The summed E-state index contributed by atoms with van der Waals surface area (Å²) in [6, 6.07) is 7.32. The number of Topliss-reactive ketones (excluding diaryl/α,β-unsaturated/α-hetero) is 1. The van der Waals surface area contributed by atoms with Gasteiger partial charge in [-0.3, -0.25) is 9.59 Å². The van der Waals surface area contributed by atoms with Gasteiger partial charge in [-0.1, -0.05) is 0 Å². The van der Waals surface area contributed by atoms with E-state index < -0.39 is 0 Å². The second kappa shape index (κ2) is 7.67. The van der Waals surface area contributed by atoms with E-state index in [9.17, 15) is 14.0 Å². The fraction of sp³-hybridized carbons (Fsp3) is 0.353. The van der Waals surface area contributed by atoms with Gasteiger partial charge in [0.05, 0.1) is 6.20 Å². The van der Waals surface area contributed by atoms with Crippen molar-refractivity contribution < 1.29 is 14.0 Å². The lowest BCUT2D eigenvalue weighted by molar-refractivity contribution is -0.116. The molecule has 1 amide bonds. The van der Waals surface area contributed by atoms with Crippen molar-refractivity contribution >= 4 is 17.5 Å². The summed E-state index contributed by atoms with van der Waals surface area (Å²) in [4.78, 5) is 23.9. The highest BCUT2D eigenvalue weighted by molar-refractivity contribution is 5.96. The Bertz CT molecular complexity index is 677. The van der Waals surface area contributed by atoms with Crippen molar-refractivity contribution in [1.29, 1.82) is 0 Å². The van der Waals surface area contributed by atoms with Crippen molar-refractivity contribution in [3.8, 4) is 0 Å². The van der Waals surface area contributed by atoms with E-state index in [1.54, 1.807) is 16.9 Å². The number of benzene rings is 1. The van der Waals surface area contributed by atoms with E-state index in [-0.39, 0.29) is 36.4 Å². The predicted molar refractivity (Wildman–Crippen MR) is 85.8 cm³/mol. The molecule has 23 heavy (non-hydrogen) atoms. The van der Waals surface area contributed by atoms with Crippen LogP contribution in [0.2, 0.25) is 0 Å². The van der Waals surface area contributed by atoms with E-state index in [0.29, 0.717) is 17.8 Å². The first kappa shape index (κ1) is 16.9. The summed E-state index contributed by atoms with van der Waals surface area (Å²) in [6.45, 7) is 3.95. The number of amides is 1. The summed E-state index contributed by atoms with van der Waals surface area (Å²) in [6.07, 6.45) is 2.57. The van der Waals surface area contributed by atoms with Crippen LogP contribution in [0.3, 0.4) is 0 Å². The molecule has 0 atom stereocenters. The number of anilines is 1. The largest absolute Gasteiger partial charge is 0.311 e. The number of nitrogens with one attached hydrogen (secondary N) is 1. The smallest absolute Gasteiger partial charge is 0.225 e. The van der Waals surface area contributed by atoms with Crippen LogP contribution in [0.15, 0.2) is 36.5 Å². The molecule has 0 saturated heterocycles. The van der Waals surface area contributed by atoms with Crippen LogP contribution in [0.4, 0.5) is 10.2 Å². The fourth-order valence-electron chi connectivity index (χ4n) is 2.22. The first-order valence-corrected chi connectivity index (χ1v) is 7.59. The molecule has 6 heteroatoms. The average molecular weight is 317 g/mol. The Morgan fingerprint density at radius 1 is 1.17 bits per heavy atom. The highest BCUT2D eigenvalue weighted by atomic mass is 19.1. The molecule has 1 aromatic heterocycles. The molecule has 2 rings (SSSR count). The molecule has 0 aliphatic carbocycles. The zero-order valence-corrected chi connectivity index (χ0v) is 13.3.